The van der Waals surface area contributed by atoms with Crippen molar-refractivity contribution in [2.24, 2.45) is 0 Å². The molecule has 4 nitrogen and oxygen atoms in total. The summed E-state index contributed by atoms with van der Waals surface area (Å²) in [7, 11) is -9.39. The van der Waals surface area contributed by atoms with E-state index in [-0.39, 0.29) is 23.3 Å². The van der Waals surface area contributed by atoms with Gasteiger partial charge < -0.3 is 17.7 Å². The van der Waals surface area contributed by atoms with Crippen LogP contribution in [0.15, 0.2) is 207 Å². The van der Waals surface area contributed by atoms with Gasteiger partial charge in [-0.2, -0.15) is 0 Å². The summed E-state index contributed by atoms with van der Waals surface area (Å²) in [6.45, 7) is 23.0. The minimum Gasteiger partial charge on any atom is -0.404 e. The molecule has 0 heterocycles. The van der Waals surface area contributed by atoms with Crippen molar-refractivity contribution in [2.75, 3.05) is 13.2 Å². The fraction of sp³-hybridized carbons (Fsp3) is 0.231. The van der Waals surface area contributed by atoms with Gasteiger partial charge in [-0.15, -0.1) is 13.2 Å². The maximum atomic E-state index is 7.54. The van der Waals surface area contributed by atoms with Crippen LogP contribution in [0, 0.1) is 0 Å². The first-order chi connectivity index (χ1) is 28.4. The third-order valence-corrected chi connectivity index (χ3v) is 24.7. The second kappa shape index (κ2) is 19.1. The molecule has 59 heavy (non-hydrogen) atoms. The van der Waals surface area contributed by atoms with E-state index in [4.69, 9.17) is 17.7 Å². The van der Waals surface area contributed by atoms with Gasteiger partial charge >= 0.3 is 8.56 Å². The van der Waals surface area contributed by atoms with Gasteiger partial charge in [0.05, 0.1) is 25.4 Å². The van der Waals surface area contributed by atoms with Crippen LogP contribution in [0.5, 0.6) is 0 Å². The number of hydrogen-bond acceptors (Lipinski definition) is 4. The van der Waals surface area contributed by atoms with Gasteiger partial charge in [0.25, 0.3) is 16.6 Å². The highest BCUT2D eigenvalue weighted by atomic mass is 28.4. The summed E-state index contributed by atoms with van der Waals surface area (Å²) >= 11 is 0. The van der Waals surface area contributed by atoms with Crippen LogP contribution in [0.2, 0.25) is 10.1 Å². The smallest absolute Gasteiger partial charge is 0.404 e. The maximum absolute atomic E-state index is 7.54. The lowest BCUT2D eigenvalue weighted by Crippen LogP contribution is -2.69. The number of benzene rings is 6. The first-order valence-electron chi connectivity index (χ1n) is 20.6. The van der Waals surface area contributed by atoms with Crippen LogP contribution in [0.3, 0.4) is 0 Å². The SMILES string of the molecule is C=C[C@@H](CO[Si](c1ccccc1)(c1ccccc1)C(C)(C)C)O[Si](O[C@@H](C=C)CO[Si](c1ccccc1)(c1ccccc1)C(C)(C)C)(c1ccccc1)c1ccccc1. The van der Waals surface area contributed by atoms with Gasteiger partial charge in [-0.25, -0.2) is 0 Å². The maximum Gasteiger partial charge on any atom is 0.408 e. The molecule has 0 aliphatic rings. The number of hydrogen-bond donors (Lipinski definition) is 0. The second-order valence-electron chi connectivity index (χ2n) is 17.1. The summed E-state index contributed by atoms with van der Waals surface area (Å²) in [6.07, 6.45) is 2.70. The largest absolute Gasteiger partial charge is 0.408 e. The van der Waals surface area contributed by atoms with Gasteiger partial charge in [0, 0.05) is 0 Å². The van der Waals surface area contributed by atoms with E-state index in [1.54, 1.807) is 0 Å². The molecule has 0 saturated heterocycles. The first-order valence-corrected chi connectivity index (χ1v) is 26.3. The average Bonchev–Trinajstić information content (AvgIpc) is 3.26. The normalized spacial score (nSPS) is 13.7. The molecule has 6 aromatic carbocycles. The van der Waals surface area contributed by atoms with Crippen LogP contribution in [0.25, 0.3) is 0 Å². The zero-order valence-electron chi connectivity index (χ0n) is 35.6. The Labute approximate surface area is 356 Å². The Bertz CT molecular complexity index is 1950. The monoisotopic (exact) mass is 832 g/mol. The van der Waals surface area contributed by atoms with Crippen molar-refractivity contribution in [3.8, 4) is 0 Å². The Morgan fingerprint density at radius 2 is 0.610 bits per heavy atom. The van der Waals surface area contributed by atoms with Crippen molar-refractivity contribution in [1.29, 1.82) is 0 Å². The average molecular weight is 833 g/mol. The Balaban J connectivity index is 1.43. The molecule has 0 saturated carbocycles. The van der Waals surface area contributed by atoms with E-state index in [9.17, 15) is 0 Å². The van der Waals surface area contributed by atoms with E-state index >= 15 is 0 Å². The Morgan fingerprint density at radius 3 is 0.814 bits per heavy atom. The highest BCUT2D eigenvalue weighted by Gasteiger charge is 2.53. The predicted octanol–water partition coefficient (Wildman–Crippen LogP) is 8.54. The third-order valence-electron chi connectivity index (χ3n) is 11.2. The van der Waals surface area contributed by atoms with Crippen LogP contribution in [0.1, 0.15) is 41.5 Å². The molecule has 0 aliphatic carbocycles. The fourth-order valence-corrected chi connectivity index (χ4v) is 21.0. The lowest BCUT2D eigenvalue weighted by Gasteiger charge is -2.45. The van der Waals surface area contributed by atoms with Crippen molar-refractivity contribution in [2.45, 2.75) is 63.8 Å². The molecular weight excluding hydrogens is 773 g/mol. The Kier molecular flexibility index (Phi) is 14.2. The molecule has 0 unspecified atom stereocenters. The number of rotatable bonds is 18. The highest BCUT2D eigenvalue weighted by Crippen LogP contribution is 2.38. The summed E-state index contributed by atoms with van der Waals surface area (Å²) in [5, 5.41) is 6.36. The quantitative estimate of drug-likeness (QED) is 0.0644. The van der Waals surface area contributed by atoms with E-state index in [1.807, 2.05) is 24.3 Å². The molecule has 0 bridgehead atoms. The highest BCUT2D eigenvalue weighted by molar-refractivity contribution is 7.00. The molecule has 0 N–H and O–H groups in total. The lowest BCUT2D eigenvalue weighted by atomic mass is 10.2. The summed E-state index contributed by atoms with van der Waals surface area (Å²) in [6, 6.07) is 63.6. The van der Waals surface area contributed by atoms with Crippen molar-refractivity contribution in [3.05, 3.63) is 207 Å². The molecule has 0 radical (unpaired) electrons. The van der Waals surface area contributed by atoms with E-state index < -0.39 is 37.4 Å². The molecular formula is C52H60O4Si3. The van der Waals surface area contributed by atoms with Gasteiger partial charge in [-0.05, 0) is 41.2 Å². The summed E-state index contributed by atoms with van der Waals surface area (Å²) in [5.74, 6) is 0. The van der Waals surface area contributed by atoms with Crippen LogP contribution < -0.4 is 31.1 Å². The molecule has 0 aliphatic heterocycles. The van der Waals surface area contributed by atoms with E-state index in [2.05, 4.69) is 225 Å². The molecule has 7 heteroatoms. The van der Waals surface area contributed by atoms with Crippen molar-refractivity contribution in [1.82, 2.24) is 0 Å². The van der Waals surface area contributed by atoms with E-state index in [0.717, 1.165) is 10.4 Å². The fourth-order valence-electron chi connectivity index (χ4n) is 8.45. The first kappa shape index (κ1) is 43.9. The van der Waals surface area contributed by atoms with Crippen LogP contribution in [0.4, 0.5) is 0 Å². The molecule has 6 rings (SSSR count). The minimum atomic E-state index is -3.59. The van der Waals surface area contributed by atoms with Gasteiger partial charge in [-0.1, -0.05) is 236 Å². The van der Waals surface area contributed by atoms with Crippen molar-refractivity contribution in [3.63, 3.8) is 0 Å². The minimum absolute atomic E-state index is 0.211. The van der Waals surface area contributed by atoms with E-state index in [0.29, 0.717) is 0 Å². The molecule has 0 amide bonds. The summed E-state index contributed by atoms with van der Waals surface area (Å²) < 4.78 is 30.0. The van der Waals surface area contributed by atoms with Gasteiger partial charge in [0.15, 0.2) is 0 Å². The topological polar surface area (TPSA) is 36.9 Å². The van der Waals surface area contributed by atoms with Crippen LogP contribution >= 0.6 is 0 Å². The molecule has 0 fully saturated rings. The van der Waals surface area contributed by atoms with Gasteiger partial charge in [-0.3, -0.25) is 0 Å². The molecule has 2 atom stereocenters. The summed E-state index contributed by atoms with van der Waals surface area (Å²) in [4.78, 5) is 0. The third kappa shape index (κ3) is 9.22. The van der Waals surface area contributed by atoms with Crippen LogP contribution in [-0.4, -0.2) is 50.6 Å². The Hall–Kier alpha value is -4.71. The van der Waals surface area contributed by atoms with Crippen molar-refractivity contribution < 1.29 is 17.7 Å². The van der Waals surface area contributed by atoms with Crippen LogP contribution in [-0.2, 0) is 17.7 Å². The van der Waals surface area contributed by atoms with Gasteiger partial charge in [0.2, 0.25) is 0 Å². The molecule has 304 valence electrons. The lowest BCUT2D eigenvalue weighted by molar-refractivity contribution is 0.0799. The molecule has 0 aromatic heterocycles. The Morgan fingerprint density at radius 1 is 0.390 bits per heavy atom. The standard InChI is InChI=1S/C52H60O4Si3/c1-9-43(41-53-57(51(3,4)5,45-29-17-11-18-30-45)46-31-19-12-20-32-46)55-59(49-37-25-15-26-38-49,50-39-27-16-28-40-50)56-44(10-2)42-54-58(52(6,7)8,47-33-21-13-22-34-47)48-35-23-14-24-36-48/h9-40,43-44H,1-2,41-42H2,3-8H3/t43-,44-/m0/s1. The summed E-state index contributed by atoms with van der Waals surface area (Å²) in [5.41, 5.74) is 0. The van der Waals surface area contributed by atoms with E-state index in [1.165, 1.54) is 20.7 Å². The second-order valence-corrected chi connectivity index (χ2v) is 28.6. The predicted molar refractivity (Wildman–Crippen MR) is 255 cm³/mol. The zero-order chi connectivity index (χ0) is 42.0. The zero-order valence-corrected chi connectivity index (χ0v) is 38.6. The molecule has 6 aromatic rings. The van der Waals surface area contributed by atoms with Gasteiger partial charge in [0.1, 0.15) is 0 Å². The van der Waals surface area contributed by atoms with Crippen molar-refractivity contribution >= 4 is 56.3 Å². The molecule has 0 spiro atoms.